The Balaban J connectivity index is 2.34. The zero-order valence-electron chi connectivity index (χ0n) is 9.69. The number of rotatable bonds is 2. The quantitative estimate of drug-likeness (QED) is 0.644. The Labute approximate surface area is 102 Å². The number of imidazole rings is 1. The van der Waals surface area contributed by atoms with E-state index in [4.69, 9.17) is 5.11 Å². The molecule has 3 aromatic rings. The normalized spacial score (nSPS) is 10.9. The first kappa shape index (κ1) is 10.6. The van der Waals surface area contributed by atoms with E-state index in [1.807, 2.05) is 31.2 Å². The van der Waals surface area contributed by atoms with Crippen molar-refractivity contribution in [3.8, 4) is 11.3 Å². The maximum absolute atomic E-state index is 11.1. The molecule has 3 rings (SSSR count). The van der Waals surface area contributed by atoms with Gasteiger partial charge in [0.05, 0.1) is 6.33 Å². The Morgan fingerprint density at radius 2 is 2.11 bits per heavy atom. The fourth-order valence-corrected chi connectivity index (χ4v) is 2.23. The topological polar surface area (TPSA) is 81.8 Å². The standard InChI is InChI=1S/C13H11N3O2/c1-7-10(8-4-2-3-5-9(8)16-7)11-12(13(17)18)15-6-14-11/h2-6,16H,1H3,(H,14,15)(H,17,18). The van der Waals surface area contributed by atoms with E-state index in [9.17, 15) is 4.79 Å². The second-order valence-electron chi connectivity index (χ2n) is 4.10. The Kier molecular flexibility index (Phi) is 2.19. The number of H-pyrrole nitrogens is 2. The second-order valence-corrected chi connectivity index (χ2v) is 4.10. The molecule has 2 aromatic heterocycles. The molecule has 90 valence electrons. The van der Waals surface area contributed by atoms with Crippen LogP contribution in [0.15, 0.2) is 30.6 Å². The molecule has 0 amide bonds. The number of aromatic nitrogens is 3. The van der Waals surface area contributed by atoms with Gasteiger partial charge >= 0.3 is 5.97 Å². The fraction of sp³-hybridized carbons (Fsp3) is 0.0769. The summed E-state index contributed by atoms with van der Waals surface area (Å²) in [7, 11) is 0. The first-order valence-electron chi connectivity index (χ1n) is 5.53. The summed E-state index contributed by atoms with van der Waals surface area (Å²) in [4.78, 5) is 21.2. The summed E-state index contributed by atoms with van der Waals surface area (Å²) in [5.74, 6) is -1.01. The minimum Gasteiger partial charge on any atom is -0.477 e. The summed E-state index contributed by atoms with van der Waals surface area (Å²) in [6.45, 7) is 1.91. The summed E-state index contributed by atoms with van der Waals surface area (Å²) in [6.07, 6.45) is 1.40. The molecular weight excluding hydrogens is 230 g/mol. The molecule has 2 heterocycles. The van der Waals surface area contributed by atoms with E-state index in [0.717, 1.165) is 22.2 Å². The van der Waals surface area contributed by atoms with Crippen molar-refractivity contribution in [2.24, 2.45) is 0 Å². The maximum Gasteiger partial charge on any atom is 0.354 e. The minimum atomic E-state index is -1.01. The monoisotopic (exact) mass is 241 g/mol. The van der Waals surface area contributed by atoms with E-state index < -0.39 is 5.97 Å². The Hall–Kier alpha value is -2.56. The number of hydrogen-bond acceptors (Lipinski definition) is 2. The lowest BCUT2D eigenvalue weighted by Crippen LogP contribution is -1.99. The molecule has 0 unspecified atom stereocenters. The highest BCUT2D eigenvalue weighted by Gasteiger charge is 2.19. The van der Waals surface area contributed by atoms with Crippen LogP contribution in [-0.4, -0.2) is 26.0 Å². The summed E-state index contributed by atoms with van der Waals surface area (Å²) in [5, 5.41) is 10.1. The van der Waals surface area contributed by atoms with E-state index in [1.54, 1.807) is 0 Å². The maximum atomic E-state index is 11.1. The number of carboxylic acid groups (broad SMARTS) is 1. The van der Waals surface area contributed by atoms with E-state index in [2.05, 4.69) is 15.0 Å². The third-order valence-electron chi connectivity index (χ3n) is 2.98. The lowest BCUT2D eigenvalue weighted by Gasteiger charge is -1.99. The van der Waals surface area contributed by atoms with Gasteiger partial charge in [0.2, 0.25) is 0 Å². The first-order valence-corrected chi connectivity index (χ1v) is 5.53. The summed E-state index contributed by atoms with van der Waals surface area (Å²) < 4.78 is 0. The molecule has 5 nitrogen and oxygen atoms in total. The van der Waals surface area contributed by atoms with Crippen molar-refractivity contribution in [2.45, 2.75) is 6.92 Å². The number of aromatic amines is 2. The molecule has 0 bridgehead atoms. The van der Waals surface area contributed by atoms with E-state index in [-0.39, 0.29) is 5.69 Å². The van der Waals surface area contributed by atoms with Crippen molar-refractivity contribution in [2.75, 3.05) is 0 Å². The number of nitrogens with zero attached hydrogens (tertiary/aromatic N) is 1. The smallest absolute Gasteiger partial charge is 0.354 e. The molecule has 0 aliphatic rings. The number of aryl methyl sites for hydroxylation is 1. The molecule has 0 atom stereocenters. The van der Waals surface area contributed by atoms with Gasteiger partial charge in [-0.3, -0.25) is 0 Å². The third kappa shape index (κ3) is 1.41. The molecule has 0 radical (unpaired) electrons. The summed E-state index contributed by atoms with van der Waals surface area (Å²) >= 11 is 0. The van der Waals surface area contributed by atoms with Crippen molar-refractivity contribution in [3.63, 3.8) is 0 Å². The van der Waals surface area contributed by atoms with Gasteiger partial charge in [-0.15, -0.1) is 0 Å². The van der Waals surface area contributed by atoms with Gasteiger partial charge in [-0.05, 0) is 13.0 Å². The van der Waals surface area contributed by atoms with Crippen LogP contribution in [-0.2, 0) is 0 Å². The van der Waals surface area contributed by atoms with Gasteiger partial charge in [0.15, 0.2) is 5.69 Å². The number of fused-ring (bicyclic) bond motifs is 1. The average molecular weight is 241 g/mol. The first-order chi connectivity index (χ1) is 8.68. The van der Waals surface area contributed by atoms with E-state index in [1.165, 1.54) is 6.33 Å². The van der Waals surface area contributed by atoms with Crippen molar-refractivity contribution in [1.29, 1.82) is 0 Å². The lowest BCUT2D eigenvalue weighted by atomic mass is 10.1. The molecule has 5 heteroatoms. The van der Waals surface area contributed by atoms with Gasteiger partial charge in [0.1, 0.15) is 5.69 Å². The highest BCUT2D eigenvalue weighted by atomic mass is 16.4. The molecular formula is C13H11N3O2. The van der Waals surface area contributed by atoms with E-state index in [0.29, 0.717) is 5.69 Å². The molecule has 18 heavy (non-hydrogen) atoms. The molecule has 1 aromatic carbocycles. The minimum absolute atomic E-state index is 0.114. The Bertz CT molecular complexity index is 740. The van der Waals surface area contributed by atoms with Crippen LogP contribution in [0.5, 0.6) is 0 Å². The Morgan fingerprint density at radius 3 is 2.89 bits per heavy atom. The Morgan fingerprint density at radius 1 is 1.33 bits per heavy atom. The van der Waals surface area contributed by atoms with Crippen LogP contribution in [0.3, 0.4) is 0 Å². The van der Waals surface area contributed by atoms with Crippen LogP contribution < -0.4 is 0 Å². The average Bonchev–Trinajstić information content (AvgIpc) is 2.91. The van der Waals surface area contributed by atoms with Crippen molar-refractivity contribution in [1.82, 2.24) is 15.0 Å². The van der Waals surface area contributed by atoms with Crippen LogP contribution in [0, 0.1) is 6.92 Å². The lowest BCUT2D eigenvalue weighted by molar-refractivity contribution is 0.0692. The molecule has 0 spiro atoms. The summed E-state index contributed by atoms with van der Waals surface area (Å²) in [6, 6.07) is 7.77. The summed E-state index contributed by atoms with van der Waals surface area (Å²) in [5.41, 5.74) is 3.31. The molecule has 0 fully saturated rings. The SMILES string of the molecule is Cc1[nH]c2ccccc2c1-c1nc[nH]c1C(=O)O. The number of para-hydroxylation sites is 1. The molecule has 0 saturated heterocycles. The second kappa shape index (κ2) is 3.73. The van der Waals surface area contributed by atoms with Crippen molar-refractivity contribution in [3.05, 3.63) is 42.0 Å². The zero-order valence-corrected chi connectivity index (χ0v) is 9.69. The highest BCUT2D eigenvalue weighted by Crippen LogP contribution is 2.32. The van der Waals surface area contributed by atoms with Gasteiger partial charge in [0.25, 0.3) is 0 Å². The van der Waals surface area contributed by atoms with E-state index >= 15 is 0 Å². The highest BCUT2D eigenvalue weighted by molar-refractivity contribution is 6.02. The van der Waals surface area contributed by atoms with Crippen LogP contribution in [0.25, 0.3) is 22.2 Å². The molecule has 0 aliphatic carbocycles. The van der Waals surface area contributed by atoms with Crippen molar-refractivity contribution >= 4 is 16.9 Å². The fourth-order valence-electron chi connectivity index (χ4n) is 2.23. The number of carbonyl (C=O) groups is 1. The van der Waals surface area contributed by atoms with Gasteiger partial charge < -0.3 is 15.1 Å². The van der Waals surface area contributed by atoms with Crippen LogP contribution in [0.1, 0.15) is 16.2 Å². The van der Waals surface area contributed by atoms with Gasteiger partial charge in [-0.25, -0.2) is 9.78 Å². The number of aromatic carboxylic acids is 1. The predicted octanol–water partition coefficient (Wildman–Crippen LogP) is 2.56. The number of carboxylic acids is 1. The number of hydrogen-bond donors (Lipinski definition) is 3. The van der Waals surface area contributed by atoms with Gasteiger partial charge in [-0.2, -0.15) is 0 Å². The van der Waals surface area contributed by atoms with Gasteiger partial charge in [0, 0.05) is 22.2 Å². The number of benzene rings is 1. The van der Waals surface area contributed by atoms with Crippen LogP contribution in [0.2, 0.25) is 0 Å². The van der Waals surface area contributed by atoms with Crippen LogP contribution >= 0.6 is 0 Å². The molecule has 0 aliphatic heterocycles. The van der Waals surface area contributed by atoms with Crippen LogP contribution in [0.4, 0.5) is 0 Å². The third-order valence-corrected chi connectivity index (χ3v) is 2.98. The van der Waals surface area contributed by atoms with Gasteiger partial charge in [-0.1, -0.05) is 18.2 Å². The molecule has 3 N–H and O–H groups in total. The molecule has 0 saturated carbocycles. The predicted molar refractivity (Wildman–Crippen MR) is 67.6 cm³/mol. The number of nitrogens with one attached hydrogen (secondary N) is 2. The zero-order chi connectivity index (χ0) is 12.7. The largest absolute Gasteiger partial charge is 0.477 e. The van der Waals surface area contributed by atoms with Crippen molar-refractivity contribution < 1.29 is 9.90 Å².